The average Bonchev–Trinajstić information content (AvgIpc) is 3.28. The molecule has 0 fully saturated rings. The highest BCUT2D eigenvalue weighted by Crippen LogP contribution is 2.28. The Balaban J connectivity index is 1.51. The summed E-state index contributed by atoms with van der Waals surface area (Å²) in [6.45, 7) is 3.98. The first-order valence-electron chi connectivity index (χ1n) is 9.13. The van der Waals surface area contributed by atoms with Crippen LogP contribution in [-0.4, -0.2) is 24.7 Å². The number of aryl methyl sites for hydroxylation is 2. The first-order chi connectivity index (χ1) is 14.1. The molecule has 7 nitrogen and oxygen atoms in total. The highest BCUT2D eigenvalue weighted by atomic mass is 32.2. The highest BCUT2D eigenvalue weighted by molar-refractivity contribution is 7.98. The van der Waals surface area contributed by atoms with Crippen LogP contribution in [0.15, 0.2) is 62.9 Å². The number of furan rings is 1. The molecule has 0 amide bonds. The van der Waals surface area contributed by atoms with Crippen molar-refractivity contribution in [1.82, 2.24) is 24.7 Å². The van der Waals surface area contributed by atoms with Crippen LogP contribution in [0.2, 0.25) is 0 Å². The van der Waals surface area contributed by atoms with E-state index in [1.807, 2.05) is 54.0 Å². The van der Waals surface area contributed by atoms with Gasteiger partial charge in [-0.15, -0.1) is 10.2 Å². The molecule has 29 heavy (non-hydrogen) atoms. The van der Waals surface area contributed by atoms with Crippen LogP contribution in [0.1, 0.15) is 17.2 Å². The zero-order valence-corrected chi connectivity index (χ0v) is 16.7. The van der Waals surface area contributed by atoms with Gasteiger partial charge < -0.3 is 9.40 Å². The molecule has 0 aliphatic heterocycles. The topological polar surface area (TPSA) is 89.6 Å². The van der Waals surface area contributed by atoms with E-state index in [2.05, 4.69) is 33.2 Å². The van der Waals surface area contributed by atoms with Crippen molar-refractivity contribution < 1.29 is 4.42 Å². The smallest absolute Gasteiger partial charge is 0.294 e. The standard InChI is InChI=1S/C21H17N5O2S/c1-12-7-3-5-9-15(12)26-13(2)24-25-21(26)29-11-17-22-18-14-8-4-6-10-16(14)28-19(18)20(27)23-17/h3-10H,11H2,1-2H3,(H,22,23,27). The quantitative estimate of drug-likeness (QED) is 0.453. The normalized spacial score (nSPS) is 11.5. The number of H-pyrrole nitrogens is 1. The Hall–Kier alpha value is -3.39. The predicted molar refractivity (Wildman–Crippen MR) is 113 cm³/mol. The molecule has 144 valence electrons. The Morgan fingerprint density at radius 2 is 1.86 bits per heavy atom. The first-order valence-corrected chi connectivity index (χ1v) is 10.1. The number of thioether (sulfide) groups is 1. The summed E-state index contributed by atoms with van der Waals surface area (Å²) in [4.78, 5) is 19.9. The van der Waals surface area contributed by atoms with Gasteiger partial charge in [-0.05, 0) is 37.6 Å². The van der Waals surface area contributed by atoms with Crippen LogP contribution in [-0.2, 0) is 5.75 Å². The summed E-state index contributed by atoms with van der Waals surface area (Å²) >= 11 is 1.48. The molecule has 3 heterocycles. The van der Waals surface area contributed by atoms with Crippen LogP contribution >= 0.6 is 11.8 Å². The Bertz CT molecular complexity index is 1420. The maximum atomic E-state index is 12.5. The average molecular weight is 403 g/mol. The lowest BCUT2D eigenvalue weighted by Gasteiger charge is -2.10. The molecule has 0 bridgehead atoms. The lowest BCUT2D eigenvalue weighted by Crippen LogP contribution is -2.10. The van der Waals surface area contributed by atoms with Crippen molar-refractivity contribution >= 4 is 33.8 Å². The van der Waals surface area contributed by atoms with Gasteiger partial charge in [-0.1, -0.05) is 42.1 Å². The Labute approximate surface area is 169 Å². The molecule has 8 heteroatoms. The van der Waals surface area contributed by atoms with Gasteiger partial charge in [-0.3, -0.25) is 9.36 Å². The Morgan fingerprint density at radius 1 is 1.07 bits per heavy atom. The lowest BCUT2D eigenvalue weighted by atomic mass is 10.2. The van der Waals surface area contributed by atoms with Crippen LogP contribution in [0.4, 0.5) is 0 Å². The van der Waals surface area contributed by atoms with Gasteiger partial charge in [0, 0.05) is 5.39 Å². The van der Waals surface area contributed by atoms with Gasteiger partial charge in [-0.2, -0.15) is 0 Å². The van der Waals surface area contributed by atoms with Crippen molar-refractivity contribution in [2.24, 2.45) is 0 Å². The molecule has 0 atom stereocenters. The molecule has 0 spiro atoms. The third-order valence-electron chi connectivity index (χ3n) is 4.77. The summed E-state index contributed by atoms with van der Waals surface area (Å²) in [5.74, 6) is 1.82. The molecule has 3 aromatic heterocycles. The molecular formula is C21H17N5O2S. The number of aromatic amines is 1. The summed E-state index contributed by atoms with van der Waals surface area (Å²) in [6.07, 6.45) is 0. The van der Waals surface area contributed by atoms with Gasteiger partial charge in [0.25, 0.3) is 5.56 Å². The van der Waals surface area contributed by atoms with Crippen LogP contribution < -0.4 is 5.56 Å². The molecular weight excluding hydrogens is 386 g/mol. The SMILES string of the molecule is Cc1ccccc1-n1c(C)nnc1SCc1nc2c(oc3ccccc32)c(=O)[nH]1. The number of rotatable bonds is 4. The summed E-state index contributed by atoms with van der Waals surface area (Å²) < 4.78 is 7.67. The fourth-order valence-electron chi connectivity index (χ4n) is 3.38. The van der Waals surface area contributed by atoms with Crippen LogP contribution in [0.25, 0.3) is 27.8 Å². The molecule has 5 rings (SSSR count). The van der Waals surface area contributed by atoms with E-state index in [0.717, 1.165) is 27.6 Å². The molecule has 2 aromatic carbocycles. The molecule has 0 radical (unpaired) electrons. The number of nitrogens with zero attached hydrogens (tertiary/aromatic N) is 4. The minimum Gasteiger partial charge on any atom is -0.449 e. The fraction of sp³-hybridized carbons (Fsp3) is 0.143. The van der Waals surface area contributed by atoms with E-state index in [1.165, 1.54) is 11.8 Å². The number of para-hydroxylation sites is 2. The maximum Gasteiger partial charge on any atom is 0.294 e. The van der Waals surface area contributed by atoms with E-state index < -0.39 is 0 Å². The van der Waals surface area contributed by atoms with E-state index in [4.69, 9.17) is 4.42 Å². The van der Waals surface area contributed by atoms with Crippen molar-refractivity contribution in [3.8, 4) is 5.69 Å². The summed E-state index contributed by atoms with van der Waals surface area (Å²) in [5.41, 5.74) is 3.37. The van der Waals surface area contributed by atoms with Gasteiger partial charge >= 0.3 is 0 Å². The van der Waals surface area contributed by atoms with Crippen molar-refractivity contribution in [2.75, 3.05) is 0 Å². The molecule has 5 aromatic rings. The second-order valence-corrected chi connectivity index (χ2v) is 7.67. The fourth-order valence-corrected chi connectivity index (χ4v) is 4.24. The number of fused-ring (bicyclic) bond motifs is 3. The second kappa shape index (κ2) is 6.89. The number of aromatic nitrogens is 5. The summed E-state index contributed by atoms with van der Waals surface area (Å²) in [7, 11) is 0. The van der Waals surface area contributed by atoms with Gasteiger partial charge in [0.05, 0.1) is 11.4 Å². The third-order valence-corrected chi connectivity index (χ3v) is 5.71. The molecule has 0 unspecified atom stereocenters. The van der Waals surface area contributed by atoms with Crippen molar-refractivity contribution in [2.45, 2.75) is 24.8 Å². The van der Waals surface area contributed by atoms with Crippen molar-refractivity contribution in [1.29, 1.82) is 0 Å². The summed E-state index contributed by atoms with van der Waals surface area (Å²) in [6, 6.07) is 15.6. The highest BCUT2D eigenvalue weighted by Gasteiger charge is 2.16. The van der Waals surface area contributed by atoms with Gasteiger partial charge in [-0.25, -0.2) is 4.98 Å². The zero-order chi connectivity index (χ0) is 20.0. The van der Waals surface area contributed by atoms with E-state index >= 15 is 0 Å². The second-order valence-electron chi connectivity index (χ2n) is 6.73. The number of nitrogens with one attached hydrogen (secondary N) is 1. The van der Waals surface area contributed by atoms with Crippen molar-refractivity contribution in [3.63, 3.8) is 0 Å². The maximum absolute atomic E-state index is 12.5. The number of hydrogen-bond acceptors (Lipinski definition) is 6. The van der Waals surface area contributed by atoms with E-state index in [-0.39, 0.29) is 11.1 Å². The molecule has 0 aliphatic carbocycles. The minimum atomic E-state index is -0.279. The van der Waals surface area contributed by atoms with Gasteiger partial charge in [0.2, 0.25) is 5.58 Å². The van der Waals surface area contributed by atoms with E-state index in [0.29, 0.717) is 22.7 Å². The lowest BCUT2D eigenvalue weighted by molar-refractivity contribution is 0.660. The Kier molecular flexibility index (Phi) is 4.21. The first kappa shape index (κ1) is 17.7. The zero-order valence-electron chi connectivity index (χ0n) is 15.8. The minimum absolute atomic E-state index is 0.249. The number of hydrogen-bond donors (Lipinski definition) is 1. The predicted octanol–water partition coefficient (Wildman–Crippen LogP) is 4.16. The third kappa shape index (κ3) is 3.01. The largest absolute Gasteiger partial charge is 0.449 e. The molecule has 1 N–H and O–H groups in total. The van der Waals surface area contributed by atoms with E-state index in [1.54, 1.807) is 0 Å². The van der Waals surface area contributed by atoms with Crippen LogP contribution in [0.5, 0.6) is 0 Å². The van der Waals surface area contributed by atoms with Gasteiger partial charge in [0.15, 0.2) is 5.16 Å². The van der Waals surface area contributed by atoms with Crippen molar-refractivity contribution in [3.05, 3.63) is 76.1 Å². The van der Waals surface area contributed by atoms with Gasteiger partial charge in [0.1, 0.15) is 22.7 Å². The summed E-state index contributed by atoms with van der Waals surface area (Å²) in [5, 5.41) is 10.1. The van der Waals surface area contributed by atoms with Crippen LogP contribution in [0.3, 0.4) is 0 Å². The van der Waals surface area contributed by atoms with E-state index in [9.17, 15) is 4.79 Å². The Morgan fingerprint density at radius 3 is 2.72 bits per heavy atom. The van der Waals surface area contributed by atoms with Crippen LogP contribution in [0, 0.1) is 13.8 Å². The molecule has 0 saturated heterocycles. The molecule has 0 saturated carbocycles. The molecule has 0 aliphatic rings. The monoisotopic (exact) mass is 403 g/mol. The number of benzene rings is 2.